The van der Waals surface area contributed by atoms with Crippen LogP contribution in [0, 0.1) is 5.41 Å². The van der Waals surface area contributed by atoms with Gasteiger partial charge in [-0.25, -0.2) is 4.79 Å². The number of carbonyl (C=O) groups is 3. The van der Waals surface area contributed by atoms with E-state index in [0.717, 1.165) is 0 Å². The van der Waals surface area contributed by atoms with Crippen LogP contribution in [-0.2, 0) is 14.4 Å². The van der Waals surface area contributed by atoms with Gasteiger partial charge in [-0.1, -0.05) is 20.8 Å². The fourth-order valence-corrected chi connectivity index (χ4v) is 1.18. The molecule has 0 aromatic heterocycles. The highest BCUT2D eigenvalue weighted by atomic mass is 16.4. The lowest BCUT2D eigenvalue weighted by atomic mass is 9.87. The number of amides is 2. The fraction of sp³-hybridized carbons (Fsp3) is 0.727. The first-order valence-corrected chi connectivity index (χ1v) is 5.29. The van der Waals surface area contributed by atoms with Crippen molar-refractivity contribution in [1.82, 2.24) is 10.2 Å². The lowest BCUT2D eigenvalue weighted by Crippen LogP contribution is -2.51. The van der Waals surface area contributed by atoms with Gasteiger partial charge in [0.25, 0.3) is 0 Å². The molecule has 0 rings (SSSR count). The van der Waals surface area contributed by atoms with Gasteiger partial charge in [0.1, 0.15) is 6.04 Å². The van der Waals surface area contributed by atoms with Gasteiger partial charge in [-0.15, -0.1) is 0 Å². The number of hydrogen-bond acceptors (Lipinski definition) is 3. The first-order valence-electron chi connectivity index (χ1n) is 5.29. The summed E-state index contributed by atoms with van der Waals surface area (Å²) >= 11 is 0. The summed E-state index contributed by atoms with van der Waals surface area (Å²) in [5.74, 6) is -1.82. The second-order valence-electron chi connectivity index (χ2n) is 5.08. The largest absolute Gasteiger partial charge is 0.480 e. The number of hydrogen-bond donors (Lipinski definition) is 2. The summed E-state index contributed by atoms with van der Waals surface area (Å²) in [4.78, 5) is 34.7. The zero-order valence-electron chi connectivity index (χ0n) is 10.9. The normalized spacial score (nSPS) is 12.8. The molecule has 2 amide bonds. The Hall–Kier alpha value is -1.59. The predicted molar refractivity (Wildman–Crippen MR) is 62.3 cm³/mol. The molecule has 1 atom stereocenters. The van der Waals surface area contributed by atoms with Crippen LogP contribution in [0.2, 0.25) is 0 Å². The number of carboxylic acid groups (broad SMARTS) is 1. The van der Waals surface area contributed by atoms with Gasteiger partial charge in [0, 0.05) is 14.0 Å². The molecule has 2 N–H and O–H groups in total. The Kier molecular flexibility index (Phi) is 5.12. The van der Waals surface area contributed by atoms with Crippen molar-refractivity contribution in [1.29, 1.82) is 0 Å². The minimum Gasteiger partial charge on any atom is -0.480 e. The van der Waals surface area contributed by atoms with E-state index < -0.39 is 23.3 Å². The first-order chi connectivity index (χ1) is 7.55. The summed E-state index contributed by atoms with van der Waals surface area (Å²) < 4.78 is 0. The second kappa shape index (κ2) is 5.65. The van der Waals surface area contributed by atoms with Crippen molar-refractivity contribution >= 4 is 17.8 Å². The van der Waals surface area contributed by atoms with Crippen molar-refractivity contribution in [3.05, 3.63) is 0 Å². The van der Waals surface area contributed by atoms with Crippen LogP contribution >= 0.6 is 0 Å². The fourth-order valence-electron chi connectivity index (χ4n) is 1.18. The number of carbonyl (C=O) groups excluding carboxylic acids is 2. The molecule has 0 radical (unpaired) electrons. The molecule has 0 saturated heterocycles. The highest BCUT2D eigenvalue weighted by molar-refractivity contribution is 5.87. The van der Waals surface area contributed by atoms with E-state index in [0.29, 0.717) is 0 Å². The average molecular weight is 244 g/mol. The third-order valence-corrected chi connectivity index (χ3v) is 2.34. The van der Waals surface area contributed by atoms with Gasteiger partial charge in [0.05, 0.1) is 6.54 Å². The Labute approximate surface area is 101 Å². The van der Waals surface area contributed by atoms with Crippen LogP contribution in [0.25, 0.3) is 0 Å². The Morgan fingerprint density at radius 3 is 2.06 bits per heavy atom. The van der Waals surface area contributed by atoms with Crippen LogP contribution in [0.15, 0.2) is 0 Å². The van der Waals surface area contributed by atoms with Crippen LogP contribution in [0.4, 0.5) is 0 Å². The summed E-state index contributed by atoms with van der Waals surface area (Å²) in [6.45, 7) is 6.36. The van der Waals surface area contributed by atoms with Crippen LogP contribution in [0.5, 0.6) is 0 Å². The number of rotatable bonds is 4. The highest BCUT2D eigenvalue weighted by Gasteiger charge is 2.32. The zero-order chi connectivity index (χ0) is 13.8. The molecule has 98 valence electrons. The monoisotopic (exact) mass is 244 g/mol. The number of aliphatic carboxylic acids is 1. The molecule has 0 aromatic rings. The van der Waals surface area contributed by atoms with Gasteiger partial charge in [0.2, 0.25) is 11.8 Å². The SMILES string of the molecule is CC(=O)N(C)CC(=O)N[C@@H](C(=O)O)C(C)(C)C. The van der Waals surface area contributed by atoms with Crippen LogP contribution < -0.4 is 5.32 Å². The quantitative estimate of drug-likeness (QED) is 0.733. The Bertz CT molecular complexity index is 320. The molecule has 17 heavy (non-hydrogen) atoms. The molecule has 0 saturated carbocycles. The van der Waals surface area contributed by atoms with Crippen molar-refractivity contribution in [3.63, 3.8) is 0 Å². The molecule has 0 spiro atoms. The molecule has 0 unspecified atom stereocenters. The number of carboxylic acids is 1. The van der Waals surface area contributed by atoms with Crippen LogP contribution in [0.1, 0.15) is 27.7 Å². The standard InChI is InChI=1S/C11H20N2O4/c1-7(14)13(5)6-8(15)12-9(10(16)17)11(2,3)4/h9H,6H2,1-5H3,(H,12,15)(H,16,17)/t9-/m0/s1. The maximum Gasteiger partial charge on any atom is 0.326 e. The van der Waals surface area contributed by atoms with E-state index in [1.807, 2.05) is 0 Å². The van der Waals surface area contributed by atoms with E-state index in [1.165, 1.54) is 18.9 Å². The maximum absolute atomic E-state index is 11.6. The summed E-state index contributed by atoms with van der Waals surface area (Å²) in [5, 5.41) is 11.4. The molecule has 0 bridgehead atoms. The highest BCUT2D eigenvalue weighted by Crippen LogP contribution is 2.19. The molecule has 6 heteroatoms. The molecule has 6 nitrogen and oxygen atoms in total. The molecule has 0 fully saturated rings. The van der Waals surface area contributed by atoms with Gasteiger partial charge in [0.15, 0.2) is 0 Å². The van der Waals surface area contributed by atoms with Crippen molar-refractivity contribution < 1.29 is 19.5 Å². The van der Waals surface area contributed by atoms with E-state index in [4.69, 9.17) is 5.11 Å². The Morgan fingerprint density at radius 2 is 1.76 bits per heavy atom. The summed E-state index contributed by atoms with van der Waals surface area (Å²) in [7, 11) is 1.48. The summed E-state index contributed by atoms with van der Waals surface area (Å²) in [6, 6.07) is -0.977. The molecule has 0 heterocycles. The first kappa shape index (κ1) is 15.4. The summed E-state index contributed by atoms with van der Waals surface area (Å²) in [5.41, 5.74) is -0.587. The lowest BCUT2D eigenvalue weighted by molar-refractivity contribution is -0.145. The molecule has 0 aromatic carbocycles. The number of nitrogens with one attached hydrogen (secondary N) is 1. The van der Waals surface area contributed by atoms with E-state index in [1.54, 1.807) is 20.8 Å². The third kappa shape index (κ3) is 5.33. The molecule has 0 aliphatic rings. The van der Waals surface area contributed by atoms with Crippen molar-refractivity contribution in [3.8, 4) is 0 Å². The van der Waals surface area contributed by atoms with Gasteiger partial charge in [-0.05, 0) is 5.41 Å². The van der Waals surface area contributed by atoms with Crippen molar-refractivity contribution in [2.45, 2.75) is 33.7 Å². The third-order valence-electron chi connectivity index (χ3n) is 2.34. The minimum atomic E-state index is -1.09. The minimum absolute atomic E-state index is 0.144. The van der Waals surface area contributed by atoms with E-state index in [9.17, 15) is 14.4 Å². The predicted octanol–water partition coefficient (Wildman–Crippen LogP) is 0.0802. The molecular weight excluding hydrogens is 224 g/mol. The molecule has 0 aliphatic heterocycles. The smallest absolute Gasteiger partial charge is 0.326 e. The van der Waals surface area contributed by atoms with Crippen LogP contribution in [-0.4, -0.2) is 47.4 Å². The van der Waals surface area contributed by atoms with Gasteiger partial charge in [-0.2, -0.15) is 0 Å². The zero-order valence-corrected chi connectivity index (χ0v) is 10.9. The maximum atomic E-state index is 11.6. The van der Waals surface area contributed by atoms with E-state index in [-0.39, 0.29) is 12.5 Å². The summed E-state index contributed by atoms with van der Waals surface area (Å²) in [6.07, 6.45) is 0. The number of nitrogens with zero attached hydrogens (tertiary/aromatic N) is 1. The Morgan fingerprint density at radius 1 is 1.29 bits per heavy atom. The van der Waals surface area contributed by atoms with E-state index >= 15 is 0 Å². The molecule has 0 aliphatic carbocycles. The van der Waals surface area contributed by atoms with E-state index in [2.05, 4.69) is 5.32 Å². The lowest BCUT2D eigenvalue weighted by Gasteiger charge is -2.28. The van der Waals surface area contributed by atoms with Gasteiger partial charge in [-0.3, -0.25) is 9.59 Å². The van der Waals surface area contributed by atoms with Crippen LogP contribution in [0.3, 0.4) is 0 Å². The average Bonchev–Trinajstić information content (AvgIpc) is 2.11. The van der Waals surface area contributed by atoms with Gasteiger partial charge < -0.3 is 15.3 Å². The Balaban J connectivity index is 4.54. The molecular formula is C11H20N2O4. The van der Waals surface area contributed by atoms with Crippen molar-refractivity contribution in [2.24, 2.45) is 5.41 Å². The van der Waals surface area contributed by atoms with Gasteiger partial charge >= 0.3 is 5.97 Å². The topological polar surface area (TPSA) is 86.7 Å². The second-order valence-corrected chi connectivity index (χ2v) is 5.08. The number of likely N-dealkylation sites (N-methyl/N-ethyl adjacent to an activating group) is 1. The van der Waals surface area contributed by atoms with Crippen molar-refractivity contribution in [2.75, 3.05) is 13.6 Å².